The molecule has 3 rings (SSSR count). The summed E-state index contributed by atoms with van der Waals surface area (Å²) in [6, 6.07) is 4.00. The van der Waals surface area contributed by atoms with Crippen LogP contribution in [0.1, 0.15) is 18.5 Å². The average Bonchev–Trinajstić information content (AvgIpc) is 2.92. The number of fused-ring (bicyclic) bond motifs is 1. The van der Waals surface area contributed by atoms with E-state index in [1.54, 1.807) is 0 Å². The first kappa shape index (κ1) is 14.8. The Balaban J connectivity index is 1.91. The summed E-state index contributed by atoms with van der Waals surface area (Å²) >= 11 is 3.63. The van der Waals surface area contributed by atoms with Gasteiger partial charge in [-0.1, -0.05) is 6.92 Å². The van der Waals surface area contributed by atoms with Crippen molar-refractivity contribution in [3.63, 3.8) is 0 Å². The zero-order valence-electron chi connectivity index (χ0n) is 12.6. The second kappa shape index (κ2) is 5.26. The highest BCUT2D eigenvalue weighted by molar-refractivity contribution is 9.10. The third kappa shape index (κ3) is 2.45. The molecule has 2 aliphatic heterocycles. The number of nitrogens with zero attached hydrogens (tertiary/aromatic N) is 2. The molecule has 0 aliphatic carbocycles. The van der Waals surface area contributed by atoms with Crippen LogP contribution in [0.5, 0.6) is 0 Å². The number of nitrogens with one attached hydrogen (secondary N) is 1. The van der Waals surface area contributed by atoms with Crippen molar-refractivity contribution in [2.24, 2.45) is 11.7 Å². The fourth-order valence-corrected chi connectivity index (χ4v) is 3.97. The summed E-state index contributed by atoms with van der Waals surface area (Å²) in [7, 11) is 4.25. The van der Waals surface area contributed by atoms with Crippen LogP contribution in [0.25, 0.3) is 0 Å². The van der Waals surface area contributed by atoms with E-state index in [-0.39, 0.29) is 5.91 Å². The molecule has 0 spiro atoms. The van der Waals surface area contributed by atoms with E-state index >= 15 is 0 Å². The fraction of sp³-hybridized carbons (Fsp3) is 0.533. The van der Waals surface area contributed by atoms with Gasteiger partial charge in [0.05, 0.1) is 5.69 Å². The molecule has 114 valence electrons. The largest absolute Gasteiger partial charge is 0.369 e. The highest BCUT2D eigenvalue weighted by Crippen LogP contribution is 2.40. The molecule has 0 radical (unpaired) electrons. The van der Waals surface area contributed by atoms with Gasteiger partial charge in [-0.15, -0.1) is 0 Å². The fourth-order valence-electron chi connectivity index (χ4n) is 3.36. The predicted octanol–water partition coefficient (Wildman–Crippen LogP) is 1.79. The molecule has 3 atom stereocenters. The van der Waals surface area contributed by atoms with E-state index in [4.69, 9.17) is 5.73 Å². The first-order valence-electron chi connectivity index (χ1n) is 7.19. The van der Waals surface area contributed by atoms with E-state index in [0.29, 0.717) is 12.0 Å². The Kier molecular flexibility index (Phi) is 3.71. The summed E-state index contributed by atoms with van der Waals surface area (Å²) in [5.74, 6) is 0.479. The van der Waals surface area contributed by atoms with Gasteiger partial charge in [-0.05, 0) is 48.1 Å². The van der Waals surface area contributed by atoms with Gasteiger partial charge in [-0.2, -0.15) is 0 Å². The van der Waals surface area contributed by atoms with Crippen molar-refractivity contribution in [2.75, 3.05) is 37.4 Å². The maximum atomic E-state index is 11.7. The predicted molar refractivity (Wildman–Crippen MR) is 88.6 cm³/mol. The molecule has 3 N–H and O–H groups in total. The minimum atomic E-state index is -0.558. The van der Waals surface area contributed by atoms with E-state index < -0.39 is 6.04 Å². The standard InChI is InChI=1S/C15H21BrN4O/c1-8-6-20(7-13(8)19(2)3)12-5-11-9(4-10(12)16)14(17)15(21)18-11/h4-5,8,13-14H,6-7,17H2,1-3H3,(H,18,21). The summed E-state index contributed by atoms with van der Waals surface area (Å²) in [5, 5.41) is 2.86. The van der Waals surface area contributed by atoms with E-state index in [9.17, 15) is 4.79 Å². The third-order valence-electron chi connectivity index (χ3n) is 4.57. The van der Waals surface area contributed by atoms with Crippen LogP contribution < -0.4 is 16.0 Å². The lowest BCUT2D eigenvalue weighted by Crippen LogP contribution is -2.34. The van der Waals surface area contributed by atoms with Gasteiger partial charge in [0.15, 0.2) is 0 Å². The Hall–Kier alpha value is -1.11. The molecule has 3 unspecified atom stereocenters. The zero-order valence-corrected chi connectivity index (χ0v) is 14.1. The molecule has 21 heavy (non-hydrogen) atoms. The molecule has 2 aliphatic rings. The molecule has 1 aromatic rings. The maximum Gasteiger partial charge on any atom is 0.245 e. The SMILES string of the molecule is CC1CN(c2cc3c(cc2Br)C(N)C(=O)N3)CC1N(C)C. The van der Waals surface area contributed by atoms with Crippen molar-refractivity contribution < 1.29 is 4.79 Å². The van der Waals surface area contributed by atoms with Gasteiger partial charge in [0.1, 0.15) is 6.04 Å². The number of amides is 1. The Bertz CT molecular complexity index is 589. The van der Waals surface area contributed by atoms with Crippen LogP contribution >= 0.6 is 15.9 Å². The first-order chi connectivity index (χ1) is 9.88. The Morgan fingerprint density at radius 1 is 1.38 bits per heavy atom. The number of anilines is 2. The number of likely N-dealkylation sites (N-methyl/N-ethyl adjacent to an activating group) is 1. The van der Waals surface area contributed by atoms with E-state index in [1.165, 1.54) is 0 Å². The molecule has 1 amide bonds. The van der Waals surface area contributed by atoms with Crippen LogP contribution in [-0.4, -0.2) is 44.0 Å². The van der Waals surface area contributed by atoms with Crippen molar-refractivity contribution >= 4 is 33.2 Å². The van der Waals surface area contributed by atoms with E-state index in [2.05, 4.69) is 52.1 Å². The molecule has 1 fully saturated rings. The number of carbonyl (C=O) groups is 1. The lowest BCUT2D eigenvalue weighted by Gasteiger charge is -2.24. The van der Waals surface area contributed by atoms with Gasteiger partial charge >= 0.3 is 0 Å². The lowest BCUT2D eigenvalue weighted by atomic mass is 10.1. The maximum absolute atomic E-state index is 11.7. The topological polar surface area (TPSA) is 61.6 Å². The highest BCUT2D eigenvalue weighted by atomic mass is 79.9. The van der Waals surface area contributed by atoms with Crippen molar-refractivity contribution in [1.82, 2.24) is 4.90 Å². The lowest BCUT2D eigenvalue weighted by molar-refractivity contribution is -0.116. The number of hydrogen-bond donors (Lipinski definition) is 2. The second-order valence-electron chi connectivity index (χ2n) is 6.27. The number of carbonyl (C=O) groups excluding carboxylic acids is 1. The monoisotopic (exact) mass is 352 g/mol. The van der Waals surface area contributed by atoms with Gasteiger partial charge in [0.2, 0.25) is 5.91 Å². The van der Waals surface area contributed by atoms with Crippen molar-refractivity contribution in [2.45, 2.75) is 19.0 Å². The number of rotatable bonds is 2. The Labute approximate surface area is 133 Å². The molecule has 2 heterocycles. The van der Waals surface area contributed by atoms with Crippen LogP contribution in [0, 0.1) is 5.92 Å². The molecule has 0 aromatic heterocycles. The molecular weight excluding hydrogens is 332 g/mol. The van der Waals surface area contributed by atoms with E-state index in [1.807, 2.05) is 12.1 Å². The minimum Gasteiger partial charge on any atom is -0.369 e. The molecule has 1 aromatic carbocycles. The van der Waals surface area contributed by atoms with Crippen LogP contribution in [0.2, 0.25) is 0 Å². The van der Waals surface area contributed by atoms with Gasteiger partial charge in [-0.25, -0.2) is 0 Å². The van der Waals surface area contributed by atoms with Crippen LogP contribution in [0.3, 0.4) is 0 Å². The summed E-state index contributed by atoms with van der Waals surface area (Å²) < 4.78 is 1.000. The molecular formula is C15H21BrN4O. The summed E-state index contributed by atoms with van der Waals surface area (Å²) in [6.45, 7) is 4.29. The number of halogens is 1. The van der Waals surface area contributed by atoms with Crippen molar-refractivity contribution in [3.05, 3.63) is 22.2 Å². The number of nitrogens with two attached hydrogens (primary N) is 1. The third-order valence-corrected chi connectivity index (χ3v) is 5.21. The summed E-state index contributed by atoms with van der Waals surface area (Å²) in [6.07, 6.45) is 0. The van der Waals surface area contributed by atoms with Gasteiger partial charge in [-0.3, -0.25) is 4.79 Å². The number of benzene rings is 1. The molecule has 0 saturated carbocycles. The van der Waals surface area contributed by atoms with Crippen LogP contribution in [-0.2, 0) is 4.79 Å². The first-order valence-corrected chi connectivity index (χ1v) is 7.99. The van der Waals surface area contributed by atoms with Gasteiger partial charge in [0.25, 0.3) is 0 Å². The quantitative estimate of drug-likeness (QED) is 0.851. The zero-order chi connectivity index (χ0) is 15.3. The Morgan fingerprint density at radius 3 is 2.71 bits per heavy atom. The smallest absolute Gasteiger partial charge is 0.245 e. The summed E-state index contributed by atoms with van der Waals surface area (Å²) in [4.78, 5) is 16.3. The van der Waals surface area contributed by atoms with E-state index in [0.717, 1.165) is 34.5 Å². The number of hydrogen-bond acceptors (Lipinski definition) is 4. The highest BCUT2D eigenvalue weighted by Gasteiger charge is 2.34. The Morgan fingerprint density at radius 2 is 2.10 bits per heavy atom. The van der Waals surface area contributed by atoms with Gasteiger partial charge in [0, 0.05) is 34.9 Å². The normalized spacial score (nSPS) is 28.2. The van der Waals surface area contributed by atoms with Crippen LogP contribution in [0.4, 0.5) is 11.4 Å². The molecule has 0 bridgehead atoms. The molecule has 6 heteroatoms. The van der Waals surface area contributed by atoms with Gasteiger partial charge < -0.3 is 20.9 Å². The molecule has 5 nitrogen and oxygen atoms in total. The van der Waals surface area contributed by atoms with Crippen molar-refractivity contribution in [3.8, 4) is 0 Å². The summed E-state index contributed by atoms with van der Waals surface area (Å²) in [5.41, 5.74) is 8.72. The molecule has 1 saturated heterocycles. The van der Waals surface area contributed by atoms with Crippen molar-refractivity contribution in [1.29, 1.82) is 0 Å². The van der Waals surface area contributed by atoms with Crippen LogP contribution in [0.15, 0.2) is 16.6 Å². The average molecular weight is 353 g/mol. The minimum absolute atomic E-state index is 0.130. The second-order valence-corrected chi connectivity index (χ2v) is 7.13.